The van der Waals surface area contributed by atoms with Gasteiger partial charge in [0.1, 0.15) is 5.75 Å². The maximum absolute atomic E-state index is 12.0. The first-order valence-electron chi connectivity index (χ1n) is 6.52. The van der Waals surface area contributed by atoms with E-state index in [1.165, 1.54) is 11.8 Å². The molecule has 0 aromatic heterocycles. The number of amides is 1. The van der Waals surface area contributed by atoms with E-state index >= 15 is 0 Å². The molecule has 1 amide bonds. The van der Waals surface area contributed by atoms with Gasteiger partial charge in [-0.05, 0) is 36.8 Å². The van der Waals surface area contributed by atoms with E-state index in [9.17, 15) is 4.79 Å². The lowest BCUT2D eigenvalue weighted by Crippen LogP contribution is -2.14. The molecule has 0 fully saturated rings. The summed E-state index contributed by atoms with van der Waals surface area (Å²) in [5.74, 6) is 0.990. The Hall–Kier alpha value is -2.14. The van der Waals surface area contributed by atoms with Crippen LogP contribution in [0.15, 0.2) is 47.4 Å². The van der Waals surface area contributed by atoms with Gasteiger partial charge in [0.05, 0.1) is 12.9 Å². The van der Waals surface area contributed by atoms with Crippen molar-refractivity contribution in [3.63, 3.8) is 0 Å². The van der Waals surface area contributed by atoms with Gasteiger partial charge in [0.2, 0.25) is 5.91 Å². The molecule has 0 bridgehead atoms. The molecular weight excluding hydrogens is 284 g/mol. The molecule has 0 aliphatic rings. The van der Waals surface area contributed by atoms with E-state index in [-0.39, 0.29) is 5.91 Å². The van der Waals surface area contributed by atoms with Gasteiger partial charge in [0.15, 0.2) is 0 Å². The number of anilines is 2. The van der Waals surface area contributed by atoms with Crippen molar-refractivity contribution in [2.45, 2.75) is 11.8 Å². The van der Waals surface area contributed by atoms with Crippen molar-refractivity contribution in [2.75, 3.05) is 23.9 Å². The lowest BCUT2D eigenvalue weighted by atomic mass is 10.2. The Morgan fingerprint density at radius 3 is 2.81 bits per heavy atom. The predicted octanol–water partition coefficient (Wildman–Crippen LogP) is 3.32. The zero-order chi connectivity index (χ0) is 15.2. The van der Waals surface area contributed by atoms with Crippen molar-refractivity contribution in [1.82, 2.24) is 0 Å². The average Bonchev–Trinajstić information content (AvgIpc) is 2.49. The highest BCUT2D eigenvalue weighted by Gasteiger charge is 2.07. The average molecular weight is 302 g/mol. The van der Waals surface area contributed by atoms with Gasteiger partial charge in [-0.3, -0.25) is 4.79 Å². The third-order valence-electron chi connectivity index (χ3n) is 3.04. The molecule has 5 heteroatoms. The van der Waals surface area contributed by atoms with Crippen LogP contribution >= 0.6 is 11.8 Å². The van der Waals surface area contributed by atoms with Crippen molar-refractivity contribution >= 4 is 29.0 Å². The largest absolute Gasteiger partial charge is 0.497 e. The molecule has 0 aliphatic carbocycles. The van der Waals surface area contributed by atoms with Crippen LogP contribution in [0.25, 0.3) is 0 Å². The van der Waals surface area contributed by atoms with Gasteiger partial charge in [-0.1, -0.05) is 12.1 Å². The summed E-state index contributed by atoms with van der Waals surface area (Å²) in [6, 6.07) is 13.0. The maximum atomic E-state index is 12.0. The third-order valence-corrected chi connectivity index (χ3v) is 4.20. The topological polar surface area (TPSA) is 64.3 Å². The highest BCUT2D eigenvalue weighted by Crippen LogP contribution is 2.26. The second-order valence-electron chi connectivity index (χ2n) is 4.54. The number of thioether (sulfide) groups is 1. The van der Waals surface area contributed by atoms with Gasteiger partial charge in [-0.25, -0.2) is 0 Å². The molecule has 0 unspecified atom stereocenters. The predicted molar refractivity (Wildman–Crippen MR) is 87.9 cm³/mol. The van der Waals surface area contributed by atoms with Gasteiger partial charge in [0.25, 0.3) is 0 Å². The van der Waals surface area contributed by atoms with Crippen LogP contribution in [0.2, 0.25) is 0 Å². The Labute approximate surface area is 128 Å². The SMILES string of the molecule is COc1cccc(NC(=O)CSc2cccc(N)c2C)c1. The second-order valence-corrected chi connectivity index (χ2v) is 5.56. The number of ether oxygens (including phenoxy) is 1. The number of benzene rings is 2. The number of nitrogens with two attached hydrogens (primary N) is 1. The van der Waals surface area contributed by atoms with Gasteiger partial charge >= 0.3 is 0 Å². The number of methoxy groups -OCH3 is 1. The van der Waals surface area contributed by atoms with Crippen molar-refractivity contribution in [3.05, 3.63) is 48.0 Å². The molecule has 0 radical (unpaired) electrons. The molecular formula is C16H18N2O2S. The van der Waals surface area contributed by atoms with E-state index in [0.29, 0.717) is 11.5 Å². The van der Waals surface area contributed by atoms with Crippen molar-refractivity contribution in [2.24, 2.45) is 0 Å². The fourth-order valence-corrected chi connectivity index (χ4v) is 2.70. The summed E-state index contributed by atoms with van der Waals surface area (Å²) in [5, 5.41) is 2.85. The van der Waals surface area contributed by atoms with Gasteiger partial charge in [0, 0.05) is 22.3 Å². The molecule has 2 aromatic rings. The molecule has 0 saturated carbocycles. The van der Waals surface area contributed by atoms with Crippen LogP contribution in [0.5, 0.6) is 5.75 Å². The first kappa shape index (κ1) is 15.3. The number of hydrogen-bond donors (Lipinski definition) is 2. The fourth-order valence-electron chi connectivity index (χ4n) is 1.83. The number of hydrogen-bond acceptors (Lipinski definition) is 4. The normalized spacial score (nSPS) is 10.2. The number of carbonyl (C=O) groups excluding carboxylic acids is 1. The van der Waals surface area contributed by atoms with E-state index in [0.717, 1.165) is 21.8 Å². The minimum absolute atomic E-state index is 0.0601. The Balaban J connectivity index is 1.94. The summed E-state index contributed by atoms with van der Waals surface area (Å²) in [6.45, 7) is 1.96. The van der Waals surface area contributed by atoms with Crippen molar-refractivity contribution < 1.29 is 9.53 Å². The molecule has 110 valence electrons. The molecule has 0 atom stereocenters. The number of carbonyl (C=O) groups is 1. The van der Waals surface area contributed by atoms with E-state index in [4.69, 9.17) is 10.5 Å². The van der Waals surface area contributed by atoms with Crippen molar-refractivity contribution in [3.8, 4) is 5.75 Å². The van der Waals surface area contributed by atoms with Gasteiger partial charge in [-0.2, -0.15) is 0 Å². The van der Waals surface area contributed by atoms with Crippen LogP contribution in [0, 0.1) is 6.92 Å². The third kappa shape index (κ3) is 4.16. The zero-order valence-corrected chi connectivity index (χ0v) is 12.9. The summed E-state index contributed by atoms with van der Waals surface area (Å²) in [5.41, 5.74) is 8.34. The number of nitrogens with one attached hydrogen (secondary N) is 1. The highest BCUT2D eigenvalue weighted by atomic mass is 32.2. The fraction of sp³-hybridized carbons (Fsp3) is 0.188. The number of nitrogen functional groups attached to an aromatic ring is 1. The molecule has 0 saturated heterocycles. The van der Waals surface area contributed by atoms with E-state index in [1.807, 2.05) is 43.3 Å². The summed E-state index contributed by atoms with van der Waals surface area (Å²) in [6.07, 6.45) is 0. The van der Waals surface area contributed by atoms with E-state index in [1.54, 1.807) is 13.2 Å². The Morgan fingerprint density at radius 2 is 2.05 bits per heavy atom. The zero-order valence-electron chi connectivity index (χ0n) is 12.1. The van der Waals surface area contributed by atoms with Crippen LogP contribution in [-0.4, -0.2) is 18.8 Å². The highest BCUT2D eigenvalue weighted by molar-refractivity contribution is 8.00. The molecule has 3 N–H and O–H groups in total. The molecule has 0 heterocycles. The quantitative estimate of drug-likeness (QED) is 0.657. The van der Waals surface area contributed by atoms with Crippen LogP contribution < -0.4 is 15.8 Å². The summed E-state index contributed by atoms with van der Waals surface area (Å²) in [7, 11) is 1.60. The van der Waals surface area contributed by atoms with Crippen LogP contribution in [0.4, 0.5) is 11.4 Å². The summed E-state index contributed by atoms with van der Waals surface area (Å²) < 4.78 is 5.12. The minimum atomic E-state index is -0.0601. The Kier molecular flexibility index (Phi) is 5.11. The molecule has 0 aliphatic heterocycles. The minimum Gasteiger partial charge on any atom is -0.497 e. The molecule has 4 nitrogen and oxygen atoms in total. The van der Waals surface area contributed by atoms with E-state index in [2.05, 4.69) is 5.32 Å². The van der Waals surface area contributed by atoms with E-state index < -0.39 is 0 Å². The lowest BCUT2D eigenvalue weighted by Gasteiger charge is -2.09. The monoisotopic (exact) mass is 302 g/mol. The van der Waals surface area contributed by atoms with Gasteiger partial charge < -0.3 is 15.8 Å². The molecule has 21 heavy (non-hydrogen) atoms. The van der Waals surface area contributed by atoms with Crippen LogP contribution in [-0.2, 0) is 4.79 Å². The maximum Gasteiger partial charge on any atom is 0.234 e. The standard InChI is InChI=1S/C16H18N2O2S/c1-11-14(17)7-4-8-15(11)21-10-16(19)18-12-5-3-6-13(9-12)20-2/h3-9H,10,17H2,1-2H3,(H,18,19). The van der Waals surface area contributed by atoms with Crippen LogP contribution in [0.3, 0.4) is 0 Å². The first-order chi connectivity index (χ1) is 10.1. The van der Waals surface area contributed by atoms with Crippen LogP contribution in [0.1, 0.15) is 5.56 Å². The summed E-state index contributed by atoms with van der Waals surface area (Å²) in [4.78, 5) is 13.0. The molecule has 0 spiro atoms. The second kappa shape index (κ2) is 7.04. The van der Waals surface area contributed by atoms with Crippen molar-refractivity contribution in [1.29, 1.82) is 0 Å². The molecule has 2 rings (SSSR count). The summed E-state index contributed by atoms with van der Waals surface area (Å²) >= 11 is 1.48. The smallest absolute Gasteiger partial charge is 0.234 e. The molecule has 2 aromatic carbocycles. The number of rotatable bonds is 5. The Morgan fingerprint density at radius 1 is 1.29 bits per heavy atom. The van der Waals surface area contributed by atoms with Gasteiger partial charge in [-0.15, -0.1) is 11.8 Å². The first-order valence-corrected chi connectivity index (χ1v) is 7.50. The lowest BCUT2D eigenvalue weighted by molar-refractivity contribution is -0.113. The Bertz CT molecular complexity index is 644.